The summed E-state index contributed by atoms with van der Waals surface area (Å²) < 4.78 is 5.53. The SMILES string of the molecule is CCOc1cccc(CNC(CC)CC(C)CC)c1. The molecule has 2 heteroatoms. The van der Waals surface area contributed by atoms with Crippen molar-refractivity contribution in [3.8, 4) is 5.75 Å². The number of hydrogen-bond acceptors (Lipinski definition) is 2. The second kappa shape index (κ2) is 8.98. The van der Waals surface area contributed by atoms with Crippen LogP contribution in [0.4, 0.5) is 0 Å². The fourth-order valence-corrected chi connectivity index (χ4v) is 2.22. The first kappa shape index (κ1) is 16.0. The van der Waals surface area contributed by atoms with Crippen LogP contribution in [-0.2, 0) is 6.54 Å². The van der Waals surface area contributed by atoms with Crippen LogP contribution in [0.1, 0.15) is 52.5 Å². The van der Waals surface area contributed by atoms with Gasteiger partial charge in [-0.1, -0.05) is 39.3 Å². The molecule has 0 aromatic heterocycles. The Hall–Kier alpha value is -1.02. The van der Waals surface area contributed by atoms with E-state index in [0.717, 1.165) is 24.8 Å². The van der Waals surface area contributed by atoms with Crippen molar-refractivity contribution in [3.63, 3.8) is 0 Å². The molecular weight excluding hydrogens is 234 g/mol. The average molecular weight is 263 g/mol. The van der Waals surface area contributed by atoms with E-state index >= 15 is 0 Å². The number of rotatable bonds is 9. The third-order valence-corrected chi connectivity index (χ3v) is 3.68. The van der Waals surface area contributed by atoms with Crippen molar-refractivity contribution in [1.29, 1.82) is 0 Å². The van der Waals surface area contributed by atoms with Gasteiger partial charge in [-0.25, -0.2) is 0 Å². The minimum Gasteiger partial charge on any atom is -0.494 e. The number of benzene rings is 1. The van der Waals surface area contributed by atoms with Gasteiger partial charge in [0.1, 0.15) is 5.75 Å². The van der Waals surface area contributed by atoms with Gasteiger partial charge in [0.15, 0.2) is 0 Å². The Bertz CT molecular complexity index is 351. The minimum absolute atomic E-state index is 0.616. The minimum atomic E-state index is 0.616. The Morgan fingerprint density at radius 3 is 2.58 bits per heavy atom. The van der Waals surface area contributed by atoms with E-state index in [-0.39, 0.29) is 0 Å². The zero-order valence-corrected chi connectivity index (χ0v) is 12.9. The van der Waals surface area contributed by atoms with E-state index in [1.165, 1.54) is 24.8 Å². The van der Waals surface area contributed by atoms with Gasteiger partial charge in [-0.2, -0.15) is 0 Å². The van der Waals surface area contributed by atoms with E-state index in [0.29, 0.717) is 6.04 Å². The molecule has 108 valence electrons. The highest BCUT2D eigenvalue weighted by atomic mass is 16.5. The first-order valence-electron chi connectivity index (χ1n) is 7.64. The first-order valence-corrected chi connectivity index (χ1v) is 7.64. The van der Waals surface area contributed by atoms with Crippen LogP contribution < -0.4 is 10.1 Å². The highest BCUT2D eigenvalue weighted by molar-refractivity contribution is 5.28. The molecule has 0 aliphatic carbocycles. The molecule has 0 bridgehead atoms. The molecule has 1 N–H and O–H groups in total. The Morgan fingerprint density at radius 2 is 1.95 bits per heavy atom. The molecule has 0 aliphatic heterocycles. The summed E-state index contributed by atoms with van der Waals surface area (Å²) in [7, 11) is 0. The van der Waals surface area contributed by atoms with Crippen molar-refractivity contribution in [2.45, 2.75) is 59.5 Å². The van der Waals surface area contributed by atoms with Crippen LogP contribution in [0.2, 0.25) is 0 Å². The summed E-state index contributed by atoms with van der Waals surface area (Å²) in [4.78, 5) is 0. The third kappa shape index (κ3) is 6.11. The molecule has 1 aromatic rings. The quantitative estimate of drug-likeness (QED) is 0.713. The smallest absolute Gasteiger partial charge is 0.119 e. The van der Waals surface area contributed by atoms with Crippen molar-refractivity contribution in [2.75, 3.05) is 6.61 Å². The lowest BCUT2D eigenvalue weighted by atomic mass is 9.97. The lowest BCUT2D eigenvalue weighted by Gasteiger charge is -2.20. The normalized spacial score (nSPS) is 14.1. The molecule has 1 aromatic carbocycles. The molecule has 0 saturated carbocycles. The predicted molar refractivity (Wildman–Crippen MR) is 82.6 cm³/mol. The lowest BCUT2D eigenvalue weighted by Crippen LogP contribution is -2.29. The van der Waals surface area contributed by atoms with Crippen LogP contribution in [0, 0.1) is 5.92 Å². The maximum Gasteiger partial charge on any atom is 0.119 e. The van der Waals surface area contributed by atoms with Crippen molar-refractivity contribution in [3.05, 3.63) is 29.8 Å². The van der Waals surface area contributed by atoms with E-state index in [1.54, 1.807) is 0 Å². The van der Waals surface area contributed by atoms with Crippen molar-refractivity contribution in [2.24, 2.45) is 5.92 Å². The van der Waals surface area contributed by atoms with Gasteiger partial charge < -0.3 is 10.1 Å². The van der Waals surface area contributed by atoms with E-state index < -0.39 is 0 Å². The Morgan fingerprint density at radius 1 is 1.16 bits per heavy atom. The molecule has 0 amide bonds. The van der Waals surface area contributed by atoms with E-state index in [2.05, 4.69) is 44.3 Å². The van der Waals surface area contributed by atoms with Gasteiger partial charge in [-0.05, 0) is 43.4 Å². The summed E-state index contributed by atoms with van der Waals surface area (Å²) in [5, 5.41) is 3.66. The topological polar surface area (TPSA) is 21.3 Å². The van der Waals surface area contributed by atoms with Crippen LogP contribution in [0.3, 0.4) is 0 Å². The van der Waals surface area contributed by atoms with Gasteiger partial charge in [-0.15, -0.1) is 0 Å². The monoisotopic (exact) mass is 263 g/mol. The van der Waals surface area contributed by atoms with Crippen molar-refractivity contribution >= 4 is 0 Å². The molecule has 0 saturated heterocycles. The summed E-state index contributed by atoms with van der Waals surface area (Å²) in [5.41, 5.74) is 1.30. The molecule has 1 rings (SSSR count). The van der Waals surface area contributed by atoms with Crippen LogP contribution in [-0.4, -0.2) is 12.6 Å². The molecule has 2 nitrogen and oxygen atoms in total. The Labute approximate surface area is 118 Å². The summed E-state index contributed by atoms with van der Waals surface area (Å²) in [5.74, 6) is 1.77. The largest absolute Gasteiger partial charge is 0.494 e. The molecular formula is C17H29NO. The molecule has 0 spiro atoms. The highest BCUT2D eigenvalue weighted by Crippen LogP contribution is 2.15. The number of ether oxygens (including phenoxy) is 1. The predicted octanol–water partition coefficient (Wildman–Crippen LogP) is 4.39. The molecule has 0 aliphatic rings. The van der Waals surface area contributed by atoms with Gasteiger partial charge in [0, 0.05) is 12.6 Å². The van der Waals surface area contributed by atoms with Gasteiger partial charge in [0.25, 0.3) is 0 Å². The number of hydrogen-bond donors (Lipinski definition) is 1. The first-order chi connectivity index (χ1) is 9.19. The molecule has 0 heterocycles. The molecule has 0 radical (unpaired) electrons. The third-order valence-electron chi connectivity index (χ3n) is 3.68. The summed E-state index contributed by atoms with van der Waals surface area (Å²) in [6.07, 6.45) is 3.71. The summed E-state index contributed by atoms with van der Waals surface area (Å²) in [6, 6.07) is 8.99. The molecule has 2 unspecified atom stereocenters. The fraction of sp³-hybridized carbons (Fsp3) is 0.647. The van der Waals surface area contributed by atoms with Crippen LogP contribution in [0.5, 0.6) is 5.75 Å². The van der Waals surface area contributed by atoms with E-state index in [4.69, 9.17) is 4.74 Å². The van der Waals surface area contributed by atoms with Crippen molar-refractivity contribution in [1.82, 2.24) is 5.32 Å². The van der Waals surface area contributed by atoms with E-state index in [9.17, 15) is 0 Å². The lowest BCUT2D eigenvalue weighted by molar-refractivity contribution is 0.339. The van der Waals surface area contributed by atoms with Gasteiger partial charge in [0.05, 0.1) is 6.61 Å². The maximum absolute atomic E-state index is 5.53. The second-order valence-electron chi connectivity index (χ2n) is 5.32. The summed E-state index contributed by atoms with van der Waals surface area (Å²) in [6.45, 7) is 10.5. The van der Waals surface area contributed by atoms with Crippen LogP contribution in [0.25, 0.3) is 0 Å². The Balaban J connectivity index is 2.47. The second-order valence-corrected chi connectivity index (χ2v) is 5.32. The van der Waals surface area contributed by atoms with Crippen LogP contribution >= 0.6 is 0 Å². The average Bonchev–Trinajstić information content (AvgIpc) is 2.44. The van der Waals surface area contributed by atoms with E-state index in [1.807, 2.05) is 13.0 Å². The van der Waals surface area contributed by atoms with Gasteiger partial charge in [0.2, 0.25) is 0 Å². The number of nitrogens with one attached hydrogen (secondary N) is 1. The summed E-state index contributed by atoms with van der Waals surface area (Å²) >= 11 is 0. The zero-order chi connectivity index (χ0) is 14.1. The van der Waals surface area contributed by atoms with Gasteiger partial charge in [-0.3, -0.25) is 0 Å². The standard InChI is InChI=1S/C17H29NO/c1-5-14(4)11-16(6-2)18-13-15-9-8-10-17(12-15)19-7-3/h8-10,12,14,16,18H,5-7,11,13H2,1-4H3. The molecule has 2 atom stereocenters. The zero-order valence-electron chi connectivity index (χ0n) is 12.9. The van der Waals surface area contributed by atoms with Crippen LogP contribution in [0.15, 0.2) is 24.3 Å². The maximum atomic E-state index is 5.53. The molecule has 0 fully saturated rings. The van der Waals surface area contributed by atoms with Gasteiger partial charge >= 0.3 is 0 Å². The van der Waals surface area contributed by atoms with Crippen molar-refractivity contribution < 1.29 is 4.74 Å². The highest BCUT2D eigenvalue weighted by Gasteiger charge is 2.09. The fourth-order valence-electron chi connectivity index (χ4n) is 2.22. The molecule has 19 heavy (non-hydrogen) atoms. The Kier molecular flexibility index (Phi) is 7.57.